The van der Waals surface area contributed by atoms with E-state index in [0.29, 0.717) is 22.4 Å². The summed E-state index contributed by atoms with van der Waals surface area (Å²) in [6, 6.07) is 13.9. The number of amides is 4. The highest BCUT2D eigenvalue weighted by Gasteiger charge is 2.53. The summed E-state index contributed by atoms with van der Waals surface area (Å²) in [7, 11) is 0. The molecule has 4 N–H and O–H groups in total. The number of phenolic OH excluding ortho intramolecular Hbond substituents is 2. The Morgan fingerprint density at radius 2 is 1.38 bits per heavy atom. The third-order valence-electron chi connectivity index (χ3n) is 7.93. The first-order chi connectivity index (χ1) is 23.2. The predicted octanol–water partition coefficient (Wildman–Crippen LogP) is 2.46. The van der Waals surface area contributed by atoms with Gasteiger partial charge in [0.25, 0.3) is 11.8 Å². The molecule has 0 aliphatic carbocycles. The Morgan fingerprint density at radius 3 is 2.04 bits per heavy atom. The van der Waals surface area contributed by atoms with Crippen molar-refractivity contribution in [3.8, 4) is 23.0 Å². The fraction of sp³-hybridized carbons (Fsp3) is 0.265. The lowest BCUT2D eigenvalue weighted by atomic mass is 9.77. The van der Waals surface area contributed by atoms with Crippen molar-refractivity contribution < 1.29 is 53.1 Å². The number of rotatable bonds is 13. The Hall–Kier alpha value is -5.73. The van der Waals surface area contributed by atoms with Crippen molar-refractivity contribution in [3.05, 3.63) is 89.0 Å². The van der Waals surface area contributed by atoms with Crippen molar-refractivity contribution in [2.75, 3.05) is 44.8 Å². The lowest BCUT2D eigenvalue weighted by molar-refractivity contribution is -0.137. The van der Waals surface area contributed by atoms with Crippen LogP contribution in [0.2, 0.25) is 0 Å². The van der Waals surface area contributed by atoms with Crippen LogP contribution in [-0.2, 0) is 39.0 Å². The van der Waals surface area contributed by atoms with E-state index >= 15 is 0 Å². The average molecular weight is 658 g/mol. The Kier molecular flexibility index (Phi) is 9.10. The van der Waals surface area contributed by atoms with Crippen LogP contribution in [0.5, 0.6) is 23.0 Å². The molecule has 3 aromatic carbocycles. The molecule has 6 rings (SSSR count). The molecule has 0 aromatic heterocycles. The van der Waals surface area contributed by atoms with E-state index in [2.05, 4.69) is 10.6 Å². The Labute approximate surface area is 273 Å². The van der Waals surface area contributed by atoms with Gasteiger partial charge in [0.05, 0.1) is 38.4 Å². The molecule has 14 heteroatoms. The van der Waals surface area contributed by atoms with Crippen LogP contribution in [-0.4, -0.2) is 84.2 Å². The van der Waals surface area contributed by atoms with Gasteiger partial charge < -0.3 is 39.8 Å². The number of anilines is 1. The van der Waals surface area contributed by atoms with Crippen LogP contribution in [0.1, 0.15) is 39.9 Å². The molecule has 0 radical (unpaired) electrons. The summed E-state index contributed by atoms with van der Waals surface area (Å²) < 4.78 is 22.9. The minimum atomic E-state index is -1.39. The molecule has 48 heavy (non-hydrogen) atoms. The molecule has 0 saturated carbocycles. The first-order valence-corrected chi connectivity index (χ1v) is 15.1. The summed E-state index contributed by atoms with van der Waals surface area (Å²) in [6.07, 6.45) is 2.38. The summed E-state index contributed by atoms with van der Waals surface area (Å²) in [5.41, 5.74) is 0.746. The fourth-order valence-corrected chi connectivity index (χ4v) is 5.71. The van der Waals surface area contributed by atoms with Crippen LogP contribution in [0.4, 0.5) is 5.69 Å². The molecule has 0 atom stereocenters. The van der Waals surface area contributed by atoms with Gasteiger partial charge in [0, 0.05) is 66.2 Å². The predicted molar refractivity (Wildman–Crippen MR) is 166 cm³/mol. The lowest BCUT2D eigenvalue weighted by Gasteiger charge is -2.36. The van der Waals surface area contributed by atoms with Gasteiger partial charge in [-0.1, -0.05) is 6.07 Å². The molecular weight excluding hydrogens is 626 g/mol. The number of ether oxygens (including phenoxy) is 4. The molecule has 14 nitrogen and oxygen atoms in total. The van der Waals surface area contributed by atoms with Gasteiger partial charge in [0.1, 0.15) is 23.0 Å². The topological polar surface area (TPSA) is 190 Å². The zero-order chi connectivity index (χ0) is 33.8. The maximum atomic E-state index is 13.2. The van der Waals surface area contributed by atoms with E-state index < -0.39 is 23.4 Å². The number of benzene rings is 3. The van der Waals surface area contributed by atoms with Crippen LogP contribution in [0.15, 0.2) is 66.7 Å². The van der Waals surface area contributed by atoms with E-state index in [1.54, 1.807) is 24.3 Å². The summed E-state index contributed by atoms with van der Waals surface area (Å²) in [5, 5.41) is 25.6. The normalized spacial score (nSPS) is 15.1. The first-order valence-electron chi connectivity index (χ1n) is 15.1. The molecule has 3 aliphatic heterocycles. The van der Waals surface area contributed by atoms with Crippen molar-refractivity contribution in [1.29, 1.82) is 0 Å². The first kappa shape index (κ1) is 32.2. The maximum Gasteiger partial charge on any atom is 0.340 e. The number of hydrogen-bond acceptors (Lipinski definition) is 11. The molecule has 0 fully saturated rings. The van der Waals surface area contributed by atoms with Crippen molar-refractivity contribution in [3.63, 3.8) is 0 Å². The van der Waals surface area contributed by atoms with E-state index in [4.69, 9.17) is 18.9 Å². The fourth-order valence-electron chi connectivity index (χ4n) is 5.71. The highest BCUT2D eigenvalue weighted by molar-refractivity contribution is 6.13. The van der Waals surface area contributed by atoms with Gasteiger partial charge in [-0.25, -0.2) is 4.79 Å². The van der Waals surface area contributed by atoms with Gasteiger partial charge >= 0.3 is 5.97 Å². The number of hydrogen-bond donors (Lipinski definition) is 4. The van der Waals surface area contributed by atoms with Crippen LogP contribution in [0.3, 0.4) is 0 Å². The highest BCUT2D eigenvalue weighted by atomic mass is 16.6. The Bertz CT molecular complexity index is 1770. The Balaban J connectivity index is 0.955. The molecule has 0 saturated heterocycles. The molecule has 0 unspecified atom stereocenters. The van der Waals surface area contributed by atoms with Crippen molar-refractivity contribution in [2.24, 2.45) is 0 Å². The molecule has 4 amide bonds. The highest BCUT2D eigenvalue weighted by Crippen LogP contribution is 2.57. The van der Waals surface area contributed by atoms with Gasteiger partial charge in [0.2, 0.25) is 11.8 Å². The van der Waals surface area contributed by atoms with E-state index in [9.17, 15) is 34.2 Å². The standard InChI is InChI=1S/C34H31N3O11/c38-21-2-5-25-27(18-21)47-28-19-22(39)3-6-26(28)34(25)24-4-1-20(17-23(24)33(44)48-34)36-30(41)10-13-45-15-16-46-14-11-35-29(40)9-12-37-31(42)7-8-32(37)43/h1-8,17-19,38-39H,9-16H2,(H,35,40)(H,36,41). The summed E-state index contributed by atoms with van der Waals surface area (Å²) in [5.74, 6) is -1.68. The minimum absolute atomic E-state index is 0.00260. The van der Waals surface area contributed by atoms with Crippen molar-refractivity contribution in [1.82, 2.24) is 10.2 Å². The SMILES string of the molecule is O=C(CCN1C(=O)C=CC1=O)NCCOCCOCCC(=O)Nc1ccc2c(c1)C(=O)OC21c2ccc(O)cc2Oc2cc(O)ccc21. The average Bonchev–Trinajstić information content (AvgIpc) is 3.53. The maximum absolute atomic E-state index is 13.2. The van der Waals surface area contributed by atoms with Crippen LogP contribution in [0, 0.1) is 0 Å². The summed E-state index contributed by atoms with van der Waals surface area (Å²) >= 11 is 0. The lowest BCUT2D eigenvalue weighted by Crippen LogP contribution is -2.35. The molecule has 3 aliphatic rings. The largest absolute Gasteiger partial charge is 0.508 e. The van der Waals surface area contributed by atoms with Crippen LogP contribution >= 0.6 is 0 Å². The number of nitrogens with one attached hydrogen (secondary N) is 2. The zero-order valence-electron chi connectivity index (χ0n) is 25.5. The molecule has 1 spiro atoms. The second kappa shape index (κ2) is 13.6. The number of aromatic hydroxyl groups is 2. The summed E-state index contributed by atoms with van der Waals surface area (Å²) in [6.45, 7) is 1.08. The second-order valence-corrected chi connectivity index (χ2v) is 11.1. The minimum Gasteiger partial charge on any atom is -0.508 e. The third-order valence-corrected chi connectivity index (χ3v) is 7.93. The van der Waals surface area contributed by atoms with Crippen LogP contribution in [0.25, 0.3) is 0 Å². The van der Waals surface area contributed by atoms with Gasteiger partial charge in [-0.3, -0.25) is 24.1 Å². The van der Waals surface area contributed by atoms with E-state index in [0.717, 1.165) is 4.90 Å². The van der Waals surface area contributed by atoms with E-state index in [1.807, 2.05) is 0 Å². The molecular formula is C34H31N3O11. The monoisotopic (exact) mass is 657 g/mol. The van der Waals surface area contributed by atoms with Gasteiger partial charge in [0.15, 0.2) is 5.60 Å². The van der Waals surface area contributed by atoms with Crippen LogP contribution < -0.4 is 15.4 Å². The van der Waals surface area contributed by atoms with Gasteiger partial charge in [-0.05, 0) is 36.4 Å². The third kappa shape index (κ3) is 6.43. The van der Waals surface area contributed by atoms with Gasteiger partial charge in [-0.15, -0.1) is 0 Å². The number of nitrogens with zero attached hydrogens (tertiary/aromatic N) is 1. The smallest absolute Gasteiger partial charge is 0.340 e. The number of fused-ring (bicyclic) bond motifs is 6. The van der Waals surface area contributed by atoms with Crippen molar-refractivity contribution in [2.45, 2.75) is 18.4 Å². The van der Waals surface area contributed by atoms with Gasteiger partial charge in [-0.2, -0.15) is 0 Å². The second-order valence-electron chi connectivity index (χ2n) is 11.1. The molecule has 248 valence electrons. The number of carbonyl (C=O) groups excluding carboxylic acids is 5. The molecule has 3 heterocycles. The number of carbonyl (C=O) groups is 5. The molecule has 3 aromatic rings. The Morgan fingerprint density at radius 1 is 0.750 bits per heavy atom. The number of phenols is 2. The van der Waals surface area contributed by atoms with E-state index in [-0.39, 0.29) is 92.7 Å². The van der Waals surface area contributed by atoms with E-state index in [1.165, 1.54) is 42.5 Å². The zero-order valence-corrected chi connectivity index (χ0v) is 25.5. The summed E-state index contributed by atoms with van der Waals surface area (Å²) in [4.78, 5) is 61.7. The molecule has 0 bridgehead atoms. The number of esters is 1. The quantitative estimate of drug-likeness (QED) is 0.120. The van der Waals surface area contributed by atoms with Crippen molar-refractivity contribution >= 4 is 35.3 Å². The number of imide groups is 1.